The third-order valence-electron chi connectivity index (χ3n) is 8.45. The van der Waals surface area contributed by atoms with E-state index in [0.29, 0.717) is 23.7 Å². The van der Waals surface area contributed by atoms with Gasteiger partial charge in [-0.25, -0.2) is 0 Å². The van der Waals surface area contributed by atoms with Gasteiger partial charge in [-0.3, -0.25) is 14.4 Å². The van der Waals surface area contributed by atoms with Gasteiger partial charge in [0, 0.05) is 25.4 Å². The van der Waals surface area contributed by atoms with Gasteiger partial charge in [-0.15, -0.1) is 24.9 Å². The summed E-state index contributed by atoms with van der Waals surface area (Å²) in [7, 11) is 1.72. The zero-order chi connectivity index (χ0) is 28.6. The molecule has 1 N–H and O–H groups in total. The van der Waals surface area contributed by atoms with E-state index < -0.39 is 28.7 Å². The molecule has 2 aromatic rings. The van der Waals surface area contributed by atoms with E-state index in [1.807, 2.05) is 36.4 Å². The minimum Gasteiger partial charge on any atom is -0.394 e. The standard InChI is InChI=1S/C31H34ClN3O4S/c1-4-17-33(3)28(37)25-24-15-16-31(40-24)26(25)29(38)35(23(19-36)20-11-7-6-8-12-20)27(31)30(39)34(18-5-2)22-14-10-9-13-21(22)32/h4-14,23-27,36H,1-2,15-19H2,3H3/t23-,24-,25+,26+,27?,31?/m1/s1. The zero-order valence-electron chi connectivity index (χ0n) is 22.5. The van der Waals surface area contributed by atoms with E-state index in [9.17, 15) is 19.5 Å². The number of nitrogens with zero attached hydrogens (tertiary/aromatic N) is 3. The maximum Gasteiger partial charge on any atom is 0.251 e. The van der Waals surface area contributed by atoms with Gasteiger partial charge in [-0.05, 0) is 30.5 Å². The van der Waals surface area contributed by atoms with Crippen LogP contribution in [0.2, 0.25) is 5.02 Å². The quantitative estimate of drug-likeness (QED) is 0.424. The lowest BCUT2D eigenvalue weighted by atomic mass is 9.70. The average Bonchev–Trinajstić information content (AvgIpc) is 3.60. The van der Waals surface area contributed by atoms with Crippen molar-refractivity contribution in [1.82, 2.24) is 9.80 Å². The first-order valence-electron chi connectivity index (χ1n) is 13.5. The van der Waals surface area contributed by atoms with Gasteiger partial charge < -0.3 is 19.8 Å². The molecule has 0 radical (unpaired) electrons. The molecular formula is C31H34ClN3O4S. The van der Waals surface area contributed by atoms with Gasteiger partial charge in [0.05, 0.1) is 39.9 Å². The minimum absolute atomic E-state index is 0.0661. The molecule has 5 rings (SSSR count). The van der Waals surface area contributed by atoms with Crippen LogP contribution in [0.4, 0.5) is 5.69 Å². The van der Waals surface area contributed by atoms with E-state index in [1.165, 1.54) is 0 Å². The number of hydrogen-bond donors (Lipinski definition) is 1. The summed E-state index contributed by atoms with van der Waals surface area (Å²) in [5.74, 6) is -1.91. The van der Waals surface area contributed by atoms with E-state index in [1.54, 1.807) is 63.9 Å². The van der Waals surface area contributed by atoms with E-state index >= 15 is 0 Å². The van der Waals surface area contributed by atoms with Crippen LogP contribution in [0.25, 0.3) is 0 Å². The first kappa shape index (κ1) is 28.5. The van der Waals surface area contributed by atoms with E-state index in [2.05, 4.69) is 13.2 Å². The Morgan fingerprint density at radius 3 is 2.45 bits per heavy atom. The molecule has 7 nitrogen and oxygen atoms in total. The van der Waals surface area contributed by atoms with Gasteiger partial charge >= 0.3 is 0 Å². The lowest BCUT2D eigenvalue weighted by molar-refractivity contribution is -0.145. The number of benzene rings is 2. The Hall–Kier alpha value is -3.07. The lowest BCUT2D eigenvalue weighted by Gasteiger charge is -2.40. The maximum absolute atomic E-state index is 14.8. The average molecular weight is 580 g/mol. The van der Waals surface area contributed by atoms with Crippen LogP contribution in [0.5, 0.6) is 0 Å². The molecule has 6 atom stereocenters. The minimum atomic E-state index is -0.906. The molecule has 3 fully saturated rings. The molecule has 2 aromatic carbocycles. The normalized spacial score (nSPS) is 27.3. The fourth-order valence-electron chi connectivity index (χ4n) is 6.81. The topological polar surface area (TPSA) is 81.2 Å². The largest absolute Gasteiger partial charge is 0.394 e. The van der Waals surface area contributed by atoms with Crippen LogP contribution >= 0.6 is 23.4 Å². The van der Waals surface area contributed by atoms with Crippen molar-refractivity contribution in [2.75, 3.05) is 31.6 Å². The summed E-state index contributed by atoms with van der Waals surface area (Å²) in [6.45, 7) is 7.81. The number of likely N-dealkylation sites (tertiary alicyclic amines) is 1. The second-order valence-corrected chi connectivity index (χ2v) is 12.6. The summed E-state index contributed by atoms with van der Waals surface area (Å²) in [5.41, 5.74) is 1.25. The summed E-state index contributed by atoms with van der Waals surface area (Å²) in [4.78, 5) is 47.8. The molecule has 0 aliphatic carbocycles. The molecular weight excluding hydrogens is 546 g/mol. The Kier molecular flexibility index (Phi) is 8.13. The summed E-state index contributed by atoms with van der Waals surface area (Å²) in [6.07, 6.45) is 4.65. The number of hydrogen-bond acceptors (Lipinski definition) is 5. The van der Waals surface area contributed by atoms with Crippen molar-refractivity contribution in [3.05, 3.63) is 90.5 Å². The molecule has 3 heterocycles. The molecule has 2 bridgehead atoms. The fourth-order valence-corrected chi connectivity index (χ4v) is 9.24. The first-order valence-corrected chi connectivity index (χ1v) is 14.7. The molecule has 1 spiro atoms. The summed E-state index contributed by atoms with van der Waals surface area (Å²) < 4.78 is -0.808. The second-order valence-electron chi connectivity index (χ2n) is 10.6. The maximum atomic E-state index is 14.8. The molecule has 3 saturated heterocycles. The van der Waals surface area contributed by atoms with Crippen molar-refractivity contribution in [3.8, 4) is 0 Å². The predicted molar refractivity (Wildman–Crippen MR) is 159 cm³/mol. The van der Waals surface area contributed by atoms with Crippen molar-refractivity contribution < 1.29 is 19.5 Å². The van der Waals surface area contributed by atoms with Crippen molar-refractivity contribution in [2.45, 2.75) is 34.9 Å². The predicted octanol–water partition coefficient (Wildman–Crippen LogP) is 4.33. The molecule has 2 unspecified atom stereocenters. The smallest absolute Gasteiger partial charge is 0.251 e. The van der Waals surface area contributed by atoms with Gasteiger partial charge in [0.25, 0.3) is 5.91 Å². The third-order valence-corrected chi connectivity index (χ3v) is 10.7. The Morgan fingerprint density at radius 1 is 1.12 bits per heavy atom. The molecule has 0 saturated carbocycles. The van der Waals surface area contributed by atoms with Gasteiger partial charge in [0.15, 0.2) is 0 Å². The van der Waals surface area contributed by atoms with Crippen molar-refractivity contribution >= 4 is 46.8 Å². The van der Waals surface area contributed by atoms with E-state index in [-0.39, 0.29) is 36.1 Å². The number of carbonyl (C=O) groups excluding carboxylic acids is 3. The van der Waals surface area contributed by atoms with Crippen molar-refractivity contribution in [3.63, 3.8) is 0 Å². The SMILES string of the molecule is C=CCN(C)C(=O)[C@@H]1[C@H]2C(=O)N([C@H](CO)c3ccccc3)C(C(=O)N(CC=C)c3ccccc3Cl)C23CC[C@H]1S3. The molecule has 9 heteroatoms. The molecule has 3 amide bonds. The Bertz CT molecular complexity index is 1320. The molecule has 210 valence electrons. The summed E-state index contributed by atoms with van der Waals surface area (Å²) >= 11 is 8.16. The van der Waals surface area contributed by atoms with Crippen LogP contribution in [0.15, 0.2) is 79.9 Å². The number of aliphatic hydroxyl groups is 1. The van der Waals surface area contributed by atoms with Crippen LogP contribution in [0, 0.1) is 11.8 Å². The highest BCUT2D eigenvalue weighted by atomic mass is 35.5. The van der Waals surface area contributed by atoms with Crippen LogP contribution in [0.3, 0.4) is 0 Å². The Morgan fingerprint density at radius 2 is 1.80 bits per heavy atom. The number of para-hydroxylation sites is 1. The van der Waals surface area contributed by atoms with Crippen LogP contribution in [-0.4, -0.2) is 75.4 Å². The number of anilines is 1. The second kappa shape index (κ2) is 11.4. The summed E-state index contributed by atoms with van der Waals surface area (Å²) in [5, 5.41) is 11.0. The zero-order valence-corrected chi connectivity index (χ0v) is 24.1. The number of fused-ring (bicyclic) bond motifs is 1. The Balaban J connectivity index is 1.65. The van der Waals surface area contributed by atoms with Gasteiger partial charge in [0.2, 0.25) is 11.8 Å². The van der Waals surface area contributed by atoms with E-state index in [0.717, 1.165) is 12.0 Å². The number of halogens is 1. The molecule has 0 aromatic heterocycles. The molecule has 3 aliphatic rings. The number of thioether (sulfide) groups is 1. The Labute approximate surface area is 244 Å². The number of likely N-dealkylation sites (N-methyl/N-ethyl adjacent to an activating group) is 1. The van der Waals surface area contributed by atoms with Crippen LogP contribution < -0.4 is 4.90 Å². The third kappa shape index (κ3) is 4.46. The highest BCUT2D eigenvalue weighted by Gasteiger charge is 2.74. The van der Waals surface area contributed by atoms with Gasteiger partial charge in [0.1, 0.15) is 6.04 Å². The number of rotatable bonds is 10. The highest BCUT2D eigenvalue weighted by molar-refractivity contribution is 8.02. The number of amides is 3. The van der Waals surface area contributed by atoms with Gasteiger partial charge in [-0.1, -0.05) is 66.2 Å². The van der Waals surface area contributed by atoms with Crippen molar-refractivity contribution in [1.29, 1.82) is 0 Å². The first-order chi connectivity index (χ1) is 19.3. The highest BCUT2D eigenvalue weighted by Crippen LogP contribution is 2.67. The molecule has 40 heavy (non-hydrogen) atoms. The monoisotopic (exact) mass is 579 g/mol. The van der Waals surface area contributed by atoms with E-state index in [4.69, 9.17) is 11.6 Å². The summed E-state index contributed by atoms with van der Waals surface area (Å²) in [6, 6.07) is 14.7. The lowest BCUT2D eigenvalue weighted by Crippen LogP contribution is -2.56. The fraction of sp³-hybridized carbons (Fsp3) is 0.387. The molecule has 3 aliphatic heterocycles. The van der Waals surface area contributed by atoms with Crippen molar-refractivity contribution in [2.24, 2.45) is 11.8 Å². The number of carbonyl (C=O) groups is 3. The van der Waals surface area contributed by atoms with Crippen LogP contribution in [-0.2, 0) is 14.4 Å². The number of aliphatic hydroxyl groups excluding tert-OH is 1. The van der Waals surface area contributed by atoms with Gasteiger partial charge in [-0.2, -0.15) is 0 Å². The van der Waals surface area contributed by atoms with Crippen LogP contribution in [0.1, 0.15) is 24.4 Å².